The van der Waals surface area contributed by atoms with Gasteiger partial charge in [0.05, 0.1) is 5.69 Å². The lowest BCUT2D eigenvalue weighted by atomic mass is 10.1. The molecule has 2 aromatic rings. The van der Waals surface area contributed by atoms with Crippen LogP contribution in [0.25, 0.3) is 0 Å². The number of hydrogen-bond donors (Lipinski definition) is 1. The van der Waals surface area contributed by atoms with Gasteiger partial charge in [0.2, 0.25) is 5.91 Å². The molecule has 0 bridgehead atoms. The number of amides is 2. The lowest BCUT2D eigenvalue weighted by molar-refractivity contribution is -0.117. The van der Waals surface area contributed by atoms with E-state index in [1.165, 1.54) is 16.9 Å². The van der Waals surface area contributed by atoms with Crippen LogP contribution < -0.4 is 10.2 Å². The standard InChI is InChI=1S/C18H21N3O2S/c1-3-12-7-5-8-13(11-12)19-17(23)16-14(4-2)20-18(24-16)21-10-6-9-15(21)22/h5,7-8,11H,3-4,6,9-10H2,1-2H3,(H,19,23). The van der Waals surface area contributed by atoms with Crippen molar-refractivity contribution in [3.63, 3.8) is 0 Å². The van der Waals surface area contributed by atoms with E-state index in [4.69, 9.17) is 0 Å². The van der Waals surface area contributed by atoms with Gasteiger partial charge in [-0.1, -0.05) is 37.3 Å². The van der Waals surface area contributed by atoms with Crippen molar-refractivity contribution >= 4 is 34.0 Å². The van der Waals surface area contributed by atoms with Gasteiger partial charge in [0.25, 0.3) is 5.91 Å². The quantitative estimate of drug-likeness (QED) is 0.901. The second-order valence-electron chi connectivity index (χ2n) is 5.78. The zero-order chi connectivity index (χ0) is 17.1. The summed E-state index contributed by atoms with van der Waals surface area (Å²) in [5.74, 6) is -0.0653. The Balaban J connectivity index is 1.83. The molecular weight excluding hydrogens is 322 g/mol. The van der Waals surface area contributed by atoms with Gasteiger partial charge in [-0.25, -0.2) is 4.98 Å². The number of benzene rings is 1. The molecule has 3 rings (SSSR count). The third kappa shape index (κ3) is 3.33. The second kappa shape index (κ2) is 7.13. The van der Waals surface area contributed by atoms with Crippen molar-refractivity contribution in [1.29, 1.82) is 0 Å². The van der Waals surface area contributed by atoms with Crippen LogP contribution in [-0.2, 0) is 17.6 Å². The molecule has 2 amide bonds. The van der Waals surface area contributed by atoms with Crippen molar-refractivity contribution < 1.29 is 9.59 Å². The first-order chi connectivity index (χ1) is 11.6. The maximum atomic E-state index is 12.7. The molecule has 0 spiro atoms. The van der Waals surface area contributed by atoms with Gasteiger partial charge in [-0.15, -0.1) is 0 Å². The second-order valence-corrected chi connectivity index (χ2v) is 6.76. The monoisotopic (exact) mass is 343 g/mol. The Morgan fingerprint density at radius 1 is 1.33 bits per heavy atom. The van der Waals surface area contributed by atoms with Crippen molar-refractivity contribution in [3.8, 4) is 0 Å². The molecule has 0 atom stereocenters. The topological polar surface area (TPSA) is 62.3 Å². The van der Waals surface area contributed by atoms with Crippen molar-refractivity contribution in [3.05, 3.63) is 40.4 Å². The van der Waals surface area contributed by atoms with E-state index in [0.717, 1.165) is 24.2 Å². The number of anilines is 2. The van der Waals surface area contributed by atoms with E-state index < -0.39 is 0 Å². The van der Waals surface area contributed by atoms with Crippen LogP contribution in [0.1, 0.15) is 47.6 Å². The normalized spacial score (nSPS) is 14.2. The van der Waals surface area contributed by atoms with E-state index in [2.05, 4.69) is 17.2 Å². The first-order valence-corrected chi connectivity index (χ1v) is 9.14. The first kappa shape index (κ1) is 16.6. The number of carbonyl (C=O) groups is 2. The highest BCUT2D eigenvalue weighted by Gasteiger charge is 2.27. The maximum Gasteiger partial charge on any atom is 0.267 e. The van der Waals surface area contributed by atoms with Crippen LogP contribution in [-0.4, -0.2) is 23.3 Å². The Hall–Kier alpha value is -2.21. The number of nitrogens with zero attached hydrogens (tertiary/aromatic N) is 2. The summed E-state index contributed by atoms with van der Waals surface area (Å²) in [7, 11) is 0. The summed E-state index contributed by atoms with van der Waals surface area (Å²) in [4.78, 5) is 31.4. The fraction of sp³-hybridized carbons (Fsp3) is 0.389. The molecule has 1 aliphatic heterocycles. The summed E-state index contributed by atoms with van der Waals surface area (Å²) in [6.07, 6.45) is 3.00. The van der Waals surface area contributed by atoms with Crippen LogP contribution in [0.2, 0.25) is 0 Å². The summed E-state index contributed by atoms with van der Waals surface area (Å²) in [6, 6.07) is 7.84. The summed E-state index contributed by atoms with van der Waals surface area (Å²) in [6.45, 7) is 4.74. The van der Waals surface area contributed by atoms with Crippen LogP contribution in [0.3, 0.4) is 0 Å². The summed E-state index contributed by atoms with van der Waals surface area (Å²) in [5, 5.41) is 3.59. The Morgan fingerprint density at radius 2 is 2.17 bits per heavy atom. The van der Waals surface area contributed by atoms with E-state index in [1.54, 1.807) is 4.90 Å². The van der Waals surface area contributed by atoms with E-state index >= 15 is 0 Å². The number of hydrogen-bond acceptors (Lipinski definition) is 4. The van der Waals surface area contributed by atoms with Gasteiger partial charge in [0.15, 0.2) is 5.13 Å². The zero-order valence-corrected chi connectivity index (χ0v) is 14.8. The highest BCUT2D eigenvalue weighted by atomic mass is 32.1. The molecule has 2 heterocycles. The molecular formula is C18H21N3O2S. The van der Waals surface area contributed by atoms with Crippen molar-refractivity contribution in [2.75, 3.05) is 16.8 Å². The van der Waals surface area contributed by atoms with Crippen LogP contribution in [0, 0.1) is 0 Å². The average molecular weight is 343 g/mol. The van der Waals surface area contributed by atoms with Gasteiger partial charge in [0, 0.05) is 18.7 Å². The lowest BCUT2D eigenvalue weighted by Crippen LogP contribution is -2.23. The van der Waals surface area contributed by atoms with Crippen LogP contribution in [0.15, 0.2) is 24.3 Å². The smallest absolute Gasteiger partial charge is 0.267 e. The lowest BCUT2D eigenvalue weighted by Gasteiger charge is -2.10. The summed E-state index contributed by atoms with van der Waals surface area (Å²) < 4.78 is 0. The minimum Gasteiger partial charge on any atom is -0.321 e. The Morgan fingerprint density at radius 3 is 2.83 bits per heavy atom. The fourth-order valence-corrected chi connectivity index (χ4v) is 3.87. The van der Waals surface area contributed by atoms with Gasteiger partial charge < -0.3 is 5.32 Å². The maximum absolute atomic E-state index is 12.7. The van der Waals surface area contributed by atoms with Gasteiger partial charge in [0.1, 0.15) is 4.88 Å². The molecule has 5 nitrogen and oxygen atoms in total. The van der Waals surface area contributed by atoms with Crippen LogP contribution in [0.4, 0.5) is 10.8 Å². The summed E-state index contributed by atoms with van der Waals surface area (Å²) in [5.41, 5.74) is 2.71. The van der Waals surface area contributed by atoms with Crippen molar-refractivity contribution in [2.45, 2.75) is 39.5 Å². The Bertz CT molecular complexity index is 769. The number of aromatic nitrogens is 1. The highest BCUT2D eigenvalue weighted by molar-refractivity contribution is 7.18. The zero-order valence-electron chi connectivity index (χ0n) is 14.0. The predicted octanol–water partition coefficient (Wildman–Crippen LogP) is 3.65. The minimum absolute atomic E-state index is 0.0917. The molecule has 1 fully saturated rings. The molecule has 6 heteroatoms. The molecule has 0 aliphatic carbocycles. The van der Waals surface area contributed by atoms with Gasteiger partial charge >= 0.3 is 0 Å². The molecule has 24 heavy (non-hydrogen) atoms. The van der Waals surface area contributed by atoms with Gasteiger partial charge in [-0.05, 0) is 37.0 Å². The molecule has 1 aromatic carbocycles. The molecule has 1 N–H and O–H groups in total. The predicted molar refractivity (Wildman–Crippen MR) is 96.9 cm³/mol. The summed E-state index contributed by atoms with van der Waals surface area (Å²) >= 11 is 1.30. The van der Waals surface area contributed by atoms with Crippen molar-refractivity contribution in [2.24, 2.45) is 0 Å². The van der Waals surface area contributed by atoms with Crippen LogP contribution >= 0.6 is 11.3 Å². The average Bonchev–Trinajstić information content (AvgIpc) is 3.20. The van der Waals surface area contributed by atoms with Crippen LogP contribution in [0.5, 0.6) is 0 Å². The third-order valence-corrected chi connectivity index (χ3v) is 5.24. The molecule has 0 unspecified atom stereocenters. The highest BCUT2D eigenvalue weighted by Crippen LogP contribution is 2.30. The number of thiazole rings is 1. The van der Waals surface area contributed by atoms with E-state index in [-0.39, 0.29) is 11.8 Å². The van der Waals surface area contributed by atoms with Crippen molar-refractivity contribution in [1.82, 2.24) is 4.98 Å². The van der Waals surface area contributed by atoms with Gasteiger partial charge in [-0.2, -0.15) is 0 Å². The first-order valence-electron chi connectivity index (χ1n) is 8.32. The van der Waals surface area contributed by atoms with E-state index in [0.29, 0.717) is 29.4 Å². The largest absolute Gasteiger partial charge is 0.321 e. The molecule has 0 radical (unpaired) electrons. The number of rotatable bonds is 5. The number of nitrogens with one attached hydrogen (secondary N) is 1. The molecule has 1 saturated heterocycles. The van der Waals surface area contributed by atoms with E-state index in [1.807, 2.05) is 31.2 Å². The fourth-order valence-electron chi connectivity index (χ4n) is 2.78. The molecule has 126 valence electrons. The SMILES string of the molecule is CCc1cccc(NC(=O)c2sc(N3CCCC3=O)nc2CC)c1. The number of carbonyl (C=O) groups excluding carboxylic acids is 2. The molecule has 1 aromatic heterocycles. The minimum atomic E-state index is -0.157. The molecule has 1 aliphatic rings. The number of aryl methyl sites for hydroxylation is 2. The Kier molecular flexibility index (Phi) is 4.94. The molecule has 0 saturated carbocycles. The Labute approximate surface area is 145 Å². The third-order valence-electron chi connectivity index (χ3n) is 4.12. The van der Waals surface area contributed by atoms with E-state index in [9.17, 15) is 9.59 Å². The van der Waals surface area contributed by atoms with Gasteiger partial charge in [-0.3, -0.25) is 14.5 Å².